The zero-order valence-corrected chi connectivity index (χ0v) is 10.4. The van der Waals surface area contributed by atoms with E-state index in [4.69, 9.17) is 5.73 Å². The molecule has 94 valence electrons. The second-order valence-corrected chi connectivity index (χ2v) is 4.25. The SMILES string of the molecule is Cc1nccn1-c1c(C(N)=O)cnc2ccccc12. The van der Waals surface area contributed by atoms with Crippen molar-refractivity contribution < 1.29 is 4.79 Å². The van der Waals surface area contributed by atoms with Gasteiger partial charge in [-0.3, -0.25) is 9.78 Å². The predicted octanol–water partition coefficient (Wildman–Crippen LogP) is 1.83. The molecule has 0 radical (unpaired) electrons. The minimum Gasteiger partial charge on any atom is -0.365 e. The van der Waals surface area contributed by atoms with Gasteiger partial charge in [0.15, 0.2) is 0 Å². The third kappa shape index (κ3) is 1.76. The van der Waals surface area contributed by atoms with Crippen molar-refractivity contribution in [2.24, 2.45) is 5.73 Å². The molecule has 0 bridgehead atoms. The van der Waals surface area contributed by atoms with Crippen molar-refractivity contribution in [2.75, 3.05) is 0 Å². The largest absolute Gasteiger partial charge is 0.365 e. The van der Waals surface area contributed by atoms with E-state index in [1.807, 2.05) is 42.0 Å². The van der Waals surface area contributed by atoms with Crippen molar-refractivity contribution in [2.45, 2.75) is 6.92 Å². The van der Waals surface area contributed by atoms with Gasteiger partial charge in [-0.2, -0.15) is 0 Å². The van der Waals surface area contributed by atoms with Gasteiger partial charge in [0.05, 0.1) is 16.8 Å². The number of pyridine rings is 1. The Morgan fingerprint density at radius 3 is 2.74 bits per heavy atom. The molecule has 1 amide bonds. The molecule has 0 aliphatic rings. The molecule has 0 unspecified atom stereocenters. The van der Waals surface area contributed by atoms with Gasteiger partial charge in [-0.1, -0.05) is 18.2 Å². The molecule has 3 aromatic rings. The van der Waals surface area contributed by atoms with E-state index in [-0.39, 0.29) is 0 Å². The molecular formula is C14H12N4O. The fraction of sp³-hybridized carbons (Fsp3) is 0.0714. The molecule has 5 nitrogen and oxygen atoms in total. The quantitative estimate of drug-likeness (QED) is 0.756. The maximum absolute atomic E-state index is 11.6. The van der Waals surface area contributed by atoms with E-state index in [9.17, 15) is 4.79 Å². The van der Waals surface area contributed by atoms with E-state index in [1.54, 1.807) is 6.20 Å². The number of aromatic nitrogens is 3. The number of nitrogens with zero attached hydrogens (tertiary/aromatic N) is 3. The highest BCUT2D eigenvalue weighted by Gasteiger charge is 2.15. The zero-order valence-electron chi connectivity index (χ0n) is 10.4. The van der Waals surface area contributed by atoms with Crippen LogP contribution < -0.4 is 5.73 Å². The molecule has 0 saturated heterocycles. The number of carbonyl (C=O) groups is 1. The summed E-state index contributed by atoms with van der Waals surface area (Å²) in [6.45, 7) is 1.87. The average Bonchev–Trinajstić information content (AvgIpc) is 2.83. The number of para-hydroxylation sites is 1. The number of hydrogen-bond donors (Lipinski definition) is 1. The Labute approximate surface area is 109 Å². The van der Waals surface area contributed by atoms with Crippen LogP contribution in [-0.4, -0.2) is 20.4 Å². The molecule has 0 spiro atoms. The van der Waals surface area contributed by atoms with Gasteiger partial charge in [-0.05, 0) is 13.0 Å². The first-order valence-electron chi connectivity index (χ1n) is 5.86. The molecule has 2 aromatic heterocycles. The fourth-order valence-corrected chi connectivity index (χ4v) is 2.18. The molecule has 2 heterocycles. The number of benzene rings is 1. The number of rotatable bonds is 2. The molecule has 0 aliphatic heterocycles. The molecule has 0 aliphatic carbocycles. The Balaban J connectivity index is 2.45. The van der Waals surface area contributed by atoms with Crippen LogP contribution in [-0.2, 0) is 0 Å². The molecule has 0 saturated carbocycles. The normalized spacial score (nSPS) is 10.8. The number of carbonyl (C=O) groups excluding carboxylic acids is 1. The molecule has 0 atom stereocenters. The molecule has 5 heteroatoms. The summed E-state index contributed by atoms with van der Waals surface area (Å²) in [5, 5.41) is 0.875. The minimum atomic E-state index is -0.499. The lowest BCUT2D eigenvalue weighted by atomic mass is 10.1. The summed E-state index contributed by atoms with van der Waals surface area (Å²) in [5.74, 6) is 0.292. The average molecular weight is 252 g/mol. The van der Waals surface area contributed by atoms with Gasteiger partial charge in [0.2, 0.25) is 0 Å². The Morgan fingerprint density at radius 1 is 1.26 bits per heavy atom. The number of primary amides is 1. The predicted molar refractivity (Wildman–Crippen MR) is 72.1 cm³/mol. The van der Waals surface area contributed by atoms with Crippen LogP contribution >= 0.6 is 0 Å². The van der Waals surface area contributed by atoms with Gasteiger partial charge in [-0.25, -0.2) is 4.98 Å². The maximum Gasteiger partial charge on any atom is 0.252 e. The first-order chi connectivity index (χ1) is 9.18. The van der Waals surface area contributed by atoms with Gasteiger partial charge in [-0.15, -0.1) is 0 Å². The first kappa shape index (κ1) is 11.4. The number of hydrogen-bond acceptors (Lipinski definition) is 3. The molecule has 0 fully saturated rings. The van der Waals surface area contributed by atoms with E-state index in [2.05, 4.69) is 9.97 Å². The summed E-state index contributed by atoms with van der Waals surface area (Å²) in [6.07, 6.45) is 5.01. The van der Waals surface area contributed by atoms with Crippen LogP contribution in [0.15, 0.2) is 42.9 Å². The number of aryl methyl sites for hydroxylation is 1. The lowest BCUT2D eigenvalue weighted by Crippen LogP contribution is -2.16. The van der Waals surface area contributed by atoms with Crippen molar-refractivity contribution in [3.8, 4) is 5.69 Å². The van der Waals surface area contributed by atoms with Gasteiger partial charge >= 0.3 is 0 Å². The van der Waals surface area contributed by atoms with Crippen LogP contribution in [0.2, 0.25) is 0 Å². The van der Waals surface area contributed by atoms with Crippen molar-refractivity contribution in [3.05, 3.63) is 54.2 Å². The van der Waals surface area contributed by atoms with E-state index < -0.39 is 5.91 Å². The van der Waals surface area contributed by atoms with E-state index in [1.165, 1.54) is 6.20 Å². The van der Waals surface area contributed by atoms with E-state index >= 15 is 0 Å². The molecule has 3 rings (SSSR count). The monoisotopic (exact) mass is 252 g/mol. The van der Waals surface area contributed by atoms with Crippen molar-refractivity contribution in [3.63, 3.8) is 0 Å². The number of fused-ring (bicyclic) bond motifs is 1. The summed E-state index contributed by atoms with van der Waals surface area (Å²) in [7, 11) is 0. The number of amides is 1. The smallest absolute Gasteiger partial charge is 0.252 e. The fourth-order valence-electron chi connectivity index (χ4n) is 2.18. The van der Waals surface area contributed by atoms with Crippen LogP contribution in [0.1, 0.15) is 16.2 Å². The Morgan fingerprint density at radius 2 is 2.05 bits per heavy atom. The molecule has 1 aromatic carbocycles. The highest BCUT2D eigenvalue weighted by atomic mass is 16.1. The highest BCUT2D eigenvalue weighted by molar-refractivity contribution is 6.03. The Hall–Kier alpha value is -2.69. The molecular weight excluding hydrogens is 240 g/mol. The third-order valence-electron chi connectivity index (χ3n) is 3.08. The maximum atomic E-state index is 11.6. The van der Waals surface area contributed by atoms with Gasteiger partial charge in [0.1, 0.15) is 5.82 Å². The van der Waals surface area contributed by atoms with Gasteiger partial charge in [0.25, 0.3) is 5.91 Å². The Kier molecular flexibility index (Phi) is 2.52. The first-order valence-corrected chi connectivity index (χ1v) is 5.86. The van der Waals surface area contributed by atoms with E-state index in [0.717, 1.165) is 22.4 Å². The zero-order chi connectivity index (χ0) is 13.4. The van der Waals surface area contributed by atoms with Crippen molar-refractivity contribution >= 4 is 16.8 Å². The molecule has 19 heavy (non-hydrogen) atoms. The molecule has 2 N–H and O–H groups in total. The van der Waals surface area contributed by atoms with Crippen molar-refractivity contribution in [1.29, 1.82) is 0 Å². The van der Waals surface area contributed by atoms with Gasteiger partial charge < -0.3 is 10.3 Å². The van der Waals surface area contributed by atoms with Crippen LogP contribution in [0.5, 0.6) is 0 Å². The van der Waals surface area contributed by atoms with E-state index in [0.29, 0.717) is 5.56 Å². The Bertz CT molecular complexity index is 776. The van der Waals surface area contributed by atoms with Crippen LogP contribution in [0.4, 0.5) is 0 Å². The van der Waals surface area contributed by atoms with Crippen molar-refractivity contribution in [1.82, 2.24) is 14.5 Å². The summed E-state index contributed by atoms with van der Waals surface area (Å²) in [5.41, 5.74) is 7.38. The summed E-state index contributed by atoms with van der Waals surface area (Å²) >= 11 is 0. The summed E-state index contributed by atoms with van der Waals surface area (Å²) < 4.78 is 1.85. The second-order valence-electron chi connectivity index (χ2n) is 4.25. The van der Waals surface area contributed by atoms with Crippen LogP contribution in [0.3, 0.4) is 0 Å². The van der Waals surface area contributed by atoms with Crippen LogP contribution in [0.25, 0.3) is 16.6 Å². The lowest BCUT2D eigenvalue weighted by Gasteiger charge is -2.12. The topological polar surface area (TPSA) is 73.8 Å². The third-order valence-corrected chi connectivity index (χ3v) is 3.08. The summed E-state index contributed by atoms with van der Waals surface area (Å²) in [4.78, 5) is 20.1. The highest BCUT2D eigenvalue weighted by Crippen LogP contribution is 2.25. The number of imidazole rings is 1. The summed E-state index contributed by atoms with van der Waals surface area (Å²) in [6, 6.07) is 7.63. The minimum absolute atomic E-state index is 0.389. The standard InChI is InChI=1S/C14H12N4O/c1-9-16-6-7-18(9)13-10-4-2-3-5-12(10)17-8-11(13)14(15)19/h2-8H,1H3,(H2,15,19). The lowest BCUT2D eigenvalue weighted by molar-refractivity contribution is 0.1000. The van der Waals surface area contributed by atoms with Gasteiger partial charge in [0, 0.05) is 24.0 Å². The number of nitrogens with two attached hydrogens (primary N) is 1. The second kappa shape index (κ2) is 4.20. The van der Waals surface area contributed by atoms with Crippen LogP contribution in [0, 0.1) is 6.92 Å².